The molecule has 1 aromatic rings. The highest BCUT2D eigenvalue weighted by Gasteiger charge is 2.40. The van der Waals surface area contributed by atoms with Crippen molar-refractivity contribution in [3.05, 3.63) is 22.4 Å². The molecule has 1 amide bonds. The first-order valence-electron chi connectivity index (χ1n) is 7.96. The molecule has 20 heavy (non-hydrogen) atoms. The number of carbonyl (C=O) groups excluding carboxylic acids is 1. The summed E-state index contributed by atoms with van der Waals surface area (Å²) in [5, 5.41) is 5.37. The summed E-state index contributed by atoms with van der Waals surface area (Å²) < 4.78 is 0. The lowest BCUT2D eigenvalue weighted by atomic mass is 9.86. The molecule has 3 rings (SSSR count). The number of hydrogen-bond acceptors (Lipinski definition) is 2. The zero-order valence-electron chi connectivity index (χ0n) is 12.5. The number of nitrogens with one attached hydrogen (secondary N) is 1. The Labute approximate surface area is 126 Å². The van der Waals surface area contributed by atoms with Gasteiger partial charge in [-0.2, -0.15) is 0 Å². The Morgan fingerprint density at radius 3 is 2.80 bits per heavy atom. The van der Waals surface area contributed by atoms with E-state index in [0.717, 1.165) is 18.3 Å². The van der Waals surface area contributed by atoms with Gasteiger partial charge in [0.2, 0.25) is 5.91 Å². The zero-order valence-corrected chi connectivity index (χ0v) is 13.3. The first-order valence-corrected chi connectivity index (χ1v) is 8.84. The third-order valence-corrected chi connectivity index (χ3v) is 6.12. The highest BCUT2D eigenvalue weighted by Crippen LogP contribution is 2.49. The van der Waals surface area contributed by atoms with Crippen LogP contribution < -0.4 is 5.32 Å². The molecule has 1 N–H and O–H groups in total. The van der Waals surface area contributed by atoms with E-state index in [-0.39, 0.29) is 11.9 Å². The second kappa shape index (κ2) is 5.88. The Kier molecular flexibility index (Phi) is 4.16. The number of fused-ring (bicyclic) bond motifs is 2. The lowest BCUT2D eigenvalue weighted by molar-refractivity contribution is -0.123. The lowest BCUT2D eigenvalue weighted by Gasteiger charge is -2.25. The summed E-state index contributed by atoms with van der Waals surface area (Å²) in [5.41, 5.74) is 0. The van der Waals surface area contributed by atoms with E-state index < -0.39 is 0 Å². The fraction of sp³-hybridized carbons (Fsp3) is 0.706. The summed E-state index contributed by atoms with van der Waals surface area (Å²) in [7, 11) is 0. The Bertz CT molecular complexity index is 454. The van der Waals surface area contributed by atoms with Crippen LogP contribution in [-0.2, 0) is 4.79 Å². The normalized spacial score (nSPS) is 29.9. The van der Waals surface area contributed by atoms with Gasteiger partial charge in [0.15, 0.2) is 0 Å². The van der Waals surface area contributed by atoms with E-state index in [9.17, 15) is 4.79 Å². The van der Waals surface area contributed by atoms with E-state index in [4.69, 9.17) is 0 Å². The van der Waals surface area contributed by atoms with E-state index in [0.29, 0.717) is 11.8 Å². The Morgan fingerprint density at radius 2 is 2.25 bits per heavy atom. The van der Waals surface area contributed by atoms with Gasteiger partial charge in [-0.3, -0.25) is 4.79 Å². The Hall–Kier alpha value is -0.830. The van der Waals surface area contributed by atoms with Crippen LogP contribution in [0.4, 0.5) is 0 Å². The van der Waals surface area contributed by atoms with Gasteiger partial charge in [-0.15, -0.1) is 11.3 Å². The van der Waals surface area contributed by atoms with Crippen molar-refractivity contribution in [1.29, 1.82) is 0 Å². The quantitative estimate of drug-likeness (QED) is 0.856. The van der Waals surface area contributed by atoms with Crippen molar-refractivity contribution in [3.8, 4) is 0 Å². The van der Waals surface area contributed by atoms with Crippen molar-refractivity contribution in [1.82, 2.24) is 5.32 Å². The van der Waals surface area contributed by atoms with Crippen LogP contribution in [0, 0.1) is 23.7 Å². The fourth-order valence-corrected chi connectivity index (χ4v) is 5.08. The molecule has 1 aromatic heterocycles. The summed E-state index contributed by atoms with van der Waals surface area (Å²) in [4.78, 5) is 13.7. The van der Waals surface area contributed by atoms with E-state index in [2.05, 4.69) is 36.7 Å². The largest absolute Gasteiger partial charge is 0.348 e. The fourth-order valence-electron chi connectivity index (χ4n) is 4.13. The monoisotopic (exact) mass is 291 g/mol. The minimum atomic E-state index is 0.182. The molecule has 0 unspecified atom stereocenters. The van der Waals surface area contributed by atoms with Crippen LogP contribution in [0.2, 0.25) is 0 Å². The maximum absolute atomic E-state index is 12.4. The molecule has 2 nitrogen and oxygen atoms in total. The predicted octanol–water partition coefficient (Wildman–Crippen LogP) is 4.39. The predicted molar refractivity (Wildman–Crippen MR) is 83.6 cm³/mol. The highest BCUT2D eigenvalue weighted by atomic mass is 32.1. The highest BCUT2D eigenvalue weighted by molar-refractivity contribution is 7.10. The number of amides is 1. The second-order valence-corrected chi connectivity index (χ2v) is 7.92. The van der Waals surface area contributed by atoms with Crippen LogP contribution in [-0.4, -0.2) is 5.91 Å². The van der Waals surface area contributed by atoms with Gasteiger partial charge in [-0.1, -0.05) is 26.3 Å². The summed E-state index contributed by atoms with van der Waals surface area (Å²) in [6.07, 6.45) is 6.20. The zero-order chi connectivity index (χ0) is 14.1. The van der Waals surface area contributed by atoms with Crippen LogP contribution in [0.3, 0.4) is 0 Å². The van der Waals surface area contributed by atoms with Crippen LogP contribution >= 0.6 is 11.3 Å². The molecule has 0 radical (unpaired) electrons. The Balaban J connectivity index is 1.57. The molecule has 0 aromatic carbocycles. The van der Waals surface area contributed by atoms with Gasteiger partial charge in [-0.25, -0.2) is 0 Å². The molecule has 2 aliphatic carbocycles. The molecule has 0 aliphatic heterocycles. The number of thiophene rings is 1. The summed E-state index contributed by atoms with van der Waals surface area (Å²) in [5.74, 6) is 3.12. The SMILES string of the molecule is CC(C)[C@@H](NC(=O)C[C@@H]1C[C@H]2CC[C@H]1C2)c1cccs1. The molecular formula is C17H25NOS. The van der Waals surface area contributed by atoms with Crippen molar-refractivity contribution in [2.24, 2.45) is 23.7 Å². The van der Waals surface area contributed by atoms with Crippen LogP contribution in [0.25, 0.3) is 0 Å². The molecule has 4 atom stereocenters. The first-order chi connectivity index (χ1) is 9.63. The molecule has 3 heteroatoms. The van der Waals surface area contributed by atoms with Gasteiger partial charge in [-0.05, 0) is 54.4 Å². The summed E-state index contributed by atoms with van der Waals surface area (Å²) >= 11 is 1.74. The van der Waals surface area contributed by atoms with Crippen molar-refractivity contribution >= 4 is 17.2 Å². The third kappa shape index (κ3) is 2.93. The topological polar surface area (TPSA) is 29.1 Å². The molecule has 0 saturated heterocycles. The maximum Gasteiger partial charge on any atom is 0.220 e. The van der Waals surface area contributed by atoms with Crippen LogP contribution in [0.15, 0.2) is 17.5 Å². The summed E-state index contributed by atoms with van der Waals surface area (Å²) in [6.45, 7) is 4.37. The van der Waals surface area contributed by atoms with Crippen LogP contribution in [0.5, 0.6) is 0 Å². The van der Waals surface area contributed by atoms with Gasteiger partial charge in [0, 0.05) is 11.3 Å². The number of hydrogen-bond donors (Lipinski definition) is 1. The van der Waals surface area contributed by atoms with Gasteiger partial charge in [0.05, 0.1) is 6.04 Å². The van der Waals surface area contributed by atoms with E-state index in [1.54, 1.807) is 11.3 Å². The molecule has 2 aliphatic rings. The van der Waals surface area contributed by atoms with Crippen molar-refractivity contribution < 1.29 is 4.79 Å². The lowest BCUT2D eigenvalue weighted by Crippen LogP contribution is -2.33. The van der Waals surface area contributed by atoms with Gasteiger partial charge < -0.3 is 5.32 Å². The first kappa shape index (κ1) is 14.1. The summed E-state index contributed by atoms with van der Waals surface area (Å²) in [6, 6.07) is 4.38. The molecule has 2 bridgehead atoms. The van der Waals surface area contributed by atoms with E-state index in [1.807, 2.05) is 0 Å². The van der Waals surface area contributed by atoms with Crippen molar-refractivity contribution in [3.63, 3.8) is 0 Å². The van der Waals surface area contributed by atoms with Gasteiger partial charge in [0.1, 0.15) is 0 Å². The van der Waals surface area contributed by atoms with Crippen LogP contribution in [0.1, 0.15) is 56.9 Å². The Morgan fingerprint density at radius 1 is 1.40 bits per heavy atom. The van der Waals surface area contributed by atoms with Crippen molar-refractivity contribution in [2.45, 2.75) is 52.0 Å². The third-order valence-electron chi connectivity index (χ3n) is 5.16. The average molecular weight is 291 g/mol. The number of rotatable bonds is 5. The van der Waals surface area contributed by atoms with E-state index in [1.165, 1.54) is 30.6 Å². The molecule has 1 heterocycles. The number of carbonyl (C=O) groups is 1. The molecule has 2 fully saturated rings. The van der Waals surface area contributed by atoms with Crippen molar-refractivity contribution in [2.75, 3.05) is 0 Å². The van der Waals surface area contributed by atoms with Gasteiger partial charge in [0.25, 0.3) is 0 Å². The maximum atomic E-state index is 12.4. The van der Waals surface area contributed by atoms with Gasteiger partial charge >= 0.3 is 0 Å². The standard InChI is InChI=1S/C17H25NOS/c1-11(2)17(15-4-3-7-20-15)18-16(19)10-14-9-12-5-6-13(14)8-12/h3-4,7,11-14,17H,5-6,8-10H2,1-2H3,(H,18,19)/t12-,13-,14-,17+/m0/s1. The molecular weight excluding hydrogens is 266 g/mol. The minimum absolute atomic E-state index is 0.182. The average Bonchev–Trinajstić information content (AvgIpc) is 3.12. The smallest absolute Gasteiger partial charge is 0.220 e. The molecule has 110 valence electrons. The molecule has 0 spiro atoms. The molecule has 2 saturated carbocycles. The minimum Gasteiger partial charge on any atom is -0.348 e. The van der Waals surface area contributed by atoms with E-state index >= 15 is 0 Å². The second-order valence-electron chi connectivity index (χ2n) is 6.94.